The van der Waals surface area contributed by atoms with Gasteiger partial charge in [-0.2, -0.15) is 0 Å². The molecule has 0 aliphatic carbocycles. The van der Waals surface area contributed by atoms with Gasteiger partial charge in [0.25, 0.3) is 6.43 Å². The molecule has 0 saturated carbocycles. The number of hydrogen-bond donors (Lipinski definition) is 2. The van der Waals surface area contributed by atoms with Crippen LogP contribution in [0.4, 0.5) is 13.6 Å². The molecule has 0 spiro atoms. The highest BCUT2D eigenvalue weighted by Gasteiger charge is 2.40. The molecule has 0 bridgehead atoms. The molecule has 8 heteroatoms. The van der Waals surface area contributed by atoms with E-state index < -0.39 is 37.1 Å². The SMILES string of the molecule is CN(CC(F)F)C(=O)N1CC(O)CC1C(=O)O. The van der Waals surface area contributed by atoms with Crippen molar-refractivity contribution in [1.29, 1.82) is 0 Å². The molecule has 0 radical (unpaired) electrons. The van der Waals surface area contributed by atoms with Crippen LogP contribution in [0.3, 0.4) is 0 Å². The minimum atomic E-state index is -2.68. The number of carboxylic acid groups (broad SMARTS) is 1. The lowest BCUT2D eigenvalue weighted by atomic mass is 10.2. The molecule has 0 aromatic heterocycles. The van der Waals surface area contributed by atoms with Crippen LogP contribution in [0.2, 0.25) is 0 Å². The molecule has 17 heavy (non-hydrogen) atoms. The number of aliphatic hydroxyl groups excluding tert-OH is 1. The van der Waals surface area contributed by atoms with Crippen molar-refractivity contribution in [2.75, 3.05) is 20.1 Å². The normalized spacial score (nSPS) is 24.2. The zero-order valence-electron chi connectivity index (χ0n) is 9.21. The lowest BCUT2D eigenvalue weighted by Crippen LogP contribution is -2.47. The van der Waals surface area contributed by atoms with Gasteiger partial charge in [-0.3, -0.25) is 0 Å². The third kappa shape index (κ3) is 3.26. The maximum Gasteiger partial charge on any atom is 0.326 e. The van der Waals surface area contributed by atoms with E-state index in [4.69, 9.17) is 5.11 Å². The van der Waals surface area contributed by atoms with Crippen LogP contribution in [0.5, 0.6) is 0 Å². The second-order valence-electron chi connectivity index (χ2n) is 3.95. The van der Waals surface area contributed by atoms with Crippen LogP contribution in [0, 0.1) is 0 Å². The van der Waals surface area contributed by atoms with Gasteiger partial charge in [0, 0.05) is 20.0 Å². The van der Waals surface area contributed by atoms with E-state index in [-0.39, 0.29) is 13.0 Å². The fourth-order valence-electron chi connectivity index (χ4n) is 1.76. The average Bonchev–Trinajstić information content (AvgIpc) is 2.58. The van der Waals surface area contributed by atoms with Crippen LogP contribution in [-0.2, 0) is 4.79 Å². The molecule has 1 rings (SSSR count). The minimum Gasteiger partial charge on any atom is -0.480 e. The summed E-state index contributed by atoms with van der Waals surface area (Å²) in [5.74, 6) is -1.25. The summed E-state index contributed by atoms with van der Waals surface area (Å²) in [6.45, 7) is -0.916. The average molecular weight is 252 g/mol. The van der Waals surface area contributed by atoms with Gasteiger partial charge in [-0.05, 0) is 0 Å². The highest BCUT2D eigenvalue weighted by atomic mass is 19.3. The van der Waals surface area contributed by atoms with Gasteiger partial charge >= 0.3 is 12.0 Å². The van der Waals surface area contributed by atoms with Crippen LogP contribution < -0.4 is 0 Å². The first-order chi connectivity index (χ1) is 7.82. The van der Waals surface area contributed by atoms with E-state index in [1.807, 2.05) is 0 Å². The van der Waals surface area contributed by atoms with Crippen molar-refractivity contribution in [3.63, 3.8) is 0 Å². The van der Waals surface area contributed by atoms with Crippen molar-refractivity contribution in [3.8, 4) is 0 Å². The molecule has 98 valence electrons. The monoisotopic (exact) mass is 252 g/mol. The van der Waals surface area contributed by atoms with Gasteiger partial charge in [0.2, 0.25) is 0 Å². The van der Waals surface area contributed by atoms with E-state index in [1.54, 1.807) is 0 Å². The third-order valence-electron chi connectivity index (χ3n) is 2.55. The first-order valence-electron chi connectivity index (χ1n) is 5.03. The Balaban J connectivity index is 2.70. The smallest absolute Gasteiger partial charge is 0.326 e. The number of β-amino-alcohol motifs (C(OH)–C–C–N with tert-alkyl or cyclic N) is 1. The zero-order chi connectivity index (χ0) is 13.2. The van der Waals surface area contributed by atoms with Crippen LogP contribution in [0.25, 0.3) is 0 Å². The number of carbonyl (C=O) groups is 2. The summed E-state index contributed by atoms with van der Waals surface area (Å²) in [6, 6.07) is -1.97. The minimum absolute atomic E-state index is 0.0798. The van der Waals surface area contributed by atoms with Gasteiger partial charge in [-0.1, -0.05) is 0 Å². The van der Waals surface area contributed by atoms with E-state index in [9.17, 15) is 23.5 Å². The molecular weight excluding hydrogens is 238 g/mol. The predicted molar refractivity (Wildman–Crippen MR) is 52.8 cm³/mol. The number of aliphatic hydroxyl groups is 1. The third-order valence-corrected chi connectivity index (χ3v) is 2.55. The highest BCUT2D eigenvalue weighted by molar-refractivity contribution is 5.83. The Morgan fingerprint density at radius 2 is 2.12 bits per heavy atom. The standard InChI is InChI=1S/C9H14F2N2O4/c1-12(4-7(10)11)9(17)13-3-5(14)2-6(13)8(15)16/h5-7,14H,2-4H2,1H3,(H,15,16). The Kier molecular flexibility index (Phi) is 4.22. The van der Waals surface area contributed by atoms with Crippen molar-refractivity contribution < 1.29 is 28.6 Å². The number of carboxylic acids is 1. The summed E-state index contributed by atoms with van der Waals surface area (Å²) in [5.41, 5.74) is 0. The first kappa shape index (κ1) is 13.6. The van der Waals surface area contributed by atoms with Crippen LogP contribution >= 0.6 is 0 Å². The number of hydrogen-bond acceptors (Lipinski definition) is 3. The Bertz CT molecular complexity index is 313. The largest absolute Gasteiger partial charge is 0.480 e. The van der Waals surface area contributed by atoms with E-state index >= 15 is 0 Å². The molecule has 1 aliphatic heterocycles. The van der Waals surface area contributed by atoms with Crippen LogP contribution in [0.1, 0.15) is 6.42 Å². The van der Waals surface area contributed by atoms with Crippen molar-refractivity contribution in [2.45, 2.75) is 25.0 Å². The van der Waals surface area contributed by atoms with Crippen molar-refractivity contribution in [3.05, 3.63) is 0 Å². The molecule has 6 nitrogen and oxygen atoms in total. The zero-order valence-corrected chi connectivity index (χ0v) is 9.21. The molecule has 0 aromatic rings. The lowest BCUT2D eigenvalue weighted by Gasteiger charge is -2.27. The van der Waals surface area contributed by atoms with Gasteiger partial charge in [-0.25, -0.2) is 18.4 Å². The fourth-order valence-corrected chi connectivity index (χ4v) is 1.76. The molecule has 2 amide bonds. The number of urea groups is 1. The van der Waals surface area contributed by atoms with E-state index in [0.717, 1.165) is 16.8 Å². The number of aliphatic carboxylic acids is 1. The second kappa shape index (κ2) is 5.26. The van der Waals surface area contributed by atoms with Gasteiger partial charge in [-0.15, -0.1) is 0 Å². The number of alkyl halides is 2. The lowest BCUT2D eigenvalue weighted by molar-refractivity contribution is -0.141. The number of halogens is 2. The fraction of sp³-hybridized carbons (Fsp3) is 0.778. The molecule has 2 unspecified atom stereocenters. The van der Waals surface area contributed by atoms with E-state index in [2.05, 4.69) is 0 Å². The first-order valence-corrected chi connectivity index (χ1v) is 5.03. The summed E-state index contributed by atoms with van der Waals surface area (Å²) in [4.78, 5) is 24.2. The quantitative estimate of drug-likeness (QED) is 0.730. The molecular formula is C9H14F2N2O4. The Hall–Kier alpha value is -1.44. The van der Waals surface area contributed by atoms with Gasteiger partial charge in [0.15, 0.2) is 0 Å². The van der Waals surface area contributed by atoms with Crippen molar-refractivity contribution in [1.82, 2.24) is 9.80 Å². The number of nitrogens with zero attached hydrogens (tertiary/aromatic N) is 2. The summed E-state index contributed by atoms with van der Waals surface area (Å²) in [6.07, 6.45) is -3.69. The van der Waals surface area contributed by atoms with Crippen LogP contribution in [-0.4, -0.2) is 70.7 Å². The number of amides is 2. The molecule has 1 aliphatic rings. The highest BCUT2D eigenvalue weighted by Crippen LogP contribution is 2.19. The molecule has 1 fully saturated rings. The van der Waals surface area contributed by atoms with E-state index in [0.29, 0.717) is 0 Å². The van der Waals surface area contributed by atoms with E-state index in [1.165, 1.54) is 0 Å². The topological polar surface area (TPSA) is 81.1 Å². The number of rotatable bonds is 3. The summed E-state index contributed by atoms with van der Waals surface area (Å²) in [7, 11) is 1.16. The van der Waals surface area contributed by atoms with Gasteiger partial charge in [0.1, 0.15) is 6.04 Å². The molecule has 0 aromatic carbocycles. The van der Waals surface area contributed by atoms with Crippen molar-refractivity contribution >= 4 is 12.0 Å². The van der Waals surface area contributed by atoms with Crippen LogP contribution in [0.15, 0.2) is 0 Å². The molecule has 2 N–H and O–H groups in total. The molecule has 1 heterocycles. The number of likely N-dealkylation sites (tertiary alicyclic amines) is 1. The maximum atomic E-state index is 12.1. The summed E-state index contributed by atoms with van der Waals surface area (Å²) < 4.78 is 24.2. The Labute approximate surface area is 96.4 Å². The maximum absolute atomic E-state index is 12.1. The van der Waals surface area contributed by atoms with Gasteiger partial charge in [0.05, 0.1) is 12.6 Å². The summed E-state index contributed by atoms with van der Waals surface area (Å²) in [5, 5.41) is 18.1. The molecule has 2 atom stereocenters. The Morgan fingerprint density at radius 3 is 2.59 bits per heavy atom. The van der Waals surface area contributed by atoms with Gasteiger partial charge < -0.3 is 20.0 Å². The molecule has 1 saturated heterocycles. The summed E-state index contributed by atoms with van der Waals surface area (Å²) >= 11 is 0. The second-order valence-corrected chi connectivity index (χ2v) is 3.95. The Morgan fingerprint density at radius 1 is 1.53 bits per heavy atom. The number of carbonyl (C=O) groups excluding carboxylic acids is 1. The predicted octanol–water partition coefficient (Wildman–Crippen LogP) is -0.177. The van der Waals surface area contributed by atoms with Crippen molar-refractivity contribution in [2.24, 2.45) is 0 Å².